The molecule has 0 aliphatic rings. The third kappa shape index (κ3) is 3.98. The van der Waals surface area contributed by atoms with Crippen LogP contribution in [0, 0.1) is 0 Å². The van der Waals surface area contributed by atoms with Crippen LogP contribution >= 0.6 is 0 Å². The van der Waals surface area contributed by atoms with Crippen molar-refractivity contribution in [1.82, 2.24) is 4.90 Å². The zero-order chi connectivity index (χ0) is 8.85. The standard InChI is InChI=1S/C8H18N2O/c1-4-5-6-10(3)8(11)7(2)9/h7H,4-6,9H2,1-3H3/t7-/m0/s1. The Morgan fingerprint density at radius 2 is 2.18 bits per heavy atom. The van der Waals surface area contributed by atoms with Crippen LogP contribution in [0.4, 0.5) is 0 Å². The van der Waals surface area contributed by atoms with Crippen LogP contribution in [0.1, 0.15) is 26.7 Å². The lowest BCUT2D eigenvalue weighted by Crippen LogP contribution is -2.40. The van der Waals surface area contributed by atoms with Crippen molar-refractivity contribution in [2.45, 2.75) is 32.7 Å². The maximum Gasteiger partial charge on any atom is 0.238 e. The van der Waals surface area contributed by atoms with Crippen LogP contribution in [-0.2, 0) is 4.79 Å². The molecule has 0 saturated carbocycles. The number of hydrogen-bond donors (Lipinski definition) is 1. The molecule has 0 aromatic rings. The first-order valence-corrected chi connectivity index (χ1v) is 4.10. The molecule has 11 heavy (non-hydrogen) atoms. The van der Waals surface area contributed by atoms with Gasteiger partial charge in [-0.3, -0.25) is 4.79 Å². The van der Waals surface area contributed by atoms with Crippen molar-refractivity contribution in [1.29, 1.82) is 0 Å². The zero-order valence-corrected chi connectivity index (χ0v) is 7.63. The van der Waals surface area contributed by atoms with Gasteiger partial charge < -0.3 is 10.6 Å². The average molecular weight is 158 g/mol. The quantitative estimate of drug-likeness (QED) is 0.651. The highest BCUT2D eigenvalue weighted by molar-refractivity contribution is 5.80. The number of rotatable bonds is 4. The molecule has 0 aliphatic heterocycles. The fourth-order valence-electron chi connectivity index (χ4n) is 0.853. The lowest BCUT2D eigenvalue weighted by Gasteiger charge is -2.18. The van der Waals surface area contributed by atoms with E-state index in [9.17, 15) is 4.79 Å². The minimum absolute atomic E-state index is 0.0263. The maximum absolute atomic E-state index is 11.1. The second-order valence-electron chi connectivity index (χ2n) is 2.90. The van der Waals surface area contributed by atoms with Crippen LogP contribution in [0.15, 0.2) is 0 Å². The van der Waals surface area contributed by atoms with Gasteiger partial charge in [0.2, 0.25) is 5.91 Å². The van der Waals surface area contributed by atoms with E-state index < -0.39 is 0 Å². The van der Waals surface area contributed by atoms with Gasteiger partial charge in [0, 0.05) is 13.6 Å². The average Bonchev–Trinajstić information content (AvgIpc) is 1.98. The molecule has 0 heterocycles. The first-order valence-electron chi connectivity index (χ1n) is 4.10. The smallest absolute Gasteiger partial charge is 0.238 e. The van der Waals surface area contributed by atoms with Gasteiger partial charge in [-0.2, -0.15) is 0 Å². The van der Waals surface area contributed by atoms with Gasteiger partial charge in [-0.15, -0.1) is 0 Å². The third-order valence-corrected chi connectivity index (χ3v) is 1.61. The van der Waals surface area contributed by atoms with Crippen LogP contribution < -0.4 is 5.73 Å². The summed E-state index contributed by atoms with van der Waals surface area (Å²) in [7, 11) is 1.79. The van der Waals surface area contributed by atoms with Gasteiger partial charge in [0.05, 0.1) is 6.04 Å². The summed E-state index contributed by atoms with van der Waals surface area (Å²) >= 11 is 0. The zero-order valence-electron chi connectivity index (χ0n) is 7.63. The number of amides is 1. The van der Waals surface area contributed by atoms with Crippen molar-refractivity contribution in [3.05, 3.63) is 0 Å². The summed E-state index contributed by atoms with van der Waals surface area (Å²) in [5.74, 6) is 0.0263. The number of hydrogen-bond acceptors (Lipinski definition) is 2. The van der Waals surface area contributed by atoms with Gasteiger partial charge in [0.1, 0.15) is 0 Å². The predicted octanol–water partition coefficient (Wildman–Crippen LogP) is 0.592. The van der Waals surface area contributed by atoms with Gasteiger partial charge in [-0.05, 0) is 13.3 Å². The van der Waals surface area contributed by atoms with Gasteiger partial charge >= 0.3 is 0 Å². The molecule has 0 fully saturated rings. The number of nitrogens with two attached hydrogens (primary N) is 1. The topological polar surface area (TPSA) is 46.3 Å². The summed E-state index contributed by atoms with van der Waals surface area (Å²) < 4.78 is 0. The Labute approximate surface area is 68.6 Å². The molecule has 0 aromatic heterocycles. The Morgan fingerprint density at radius 1 is 1.64 bits per heavy atom. The third-order valence-electron chi connectivity index (χ3n) is 1.61. The van der Waals surface area contributed by atoms with E-state index in [0.29, 0.717) is 0 Å². The summed E-state index contributed by atoms with van der Waals surface area (Å²) in [4.78, 5) is 12.8. The highest BCUT2D eigenvalue weighted by Crippen LogP contribution is 1.93. The summed E-state index contributed by atoms with van der Waals surface area (Å²) in [5.41, 5.74) is 5.42. The van der Waals surface area contributed by atoms with Crippen molar-refractivity contribution in [2.24, 2.45) is 5.73 Å². The molecule has 0 saturated heterocycles. The molecule has 0 aromatic carbocycles. The Hall–Kier alpha value is -0.570. The highest BCUT2D eigenvalue weighted by atomic mass is 16.2. The van der Waals surface area contributed by atoms with Crippen molar-refractivity contribution in [2.75, 3.05) is 13.6 Å². The van der Waals surface area contributed by atoms with E-state index in [-0.39, 0.29) is 11.9 Å². The van der Waals surface area contributed by atoms with E-state index in [1.54, 1.807) is 18.9 Å². The summed E-state index contributed by atoms with van der Waals surface area (Å²) in [5, 5.41) is 0. The largest absolute Gasteiger partial charge is 0.344 e. The molecule has 0 bridgehead atoms. The van der Waals surface area contributed by atoms with Crippen LogP contribution in [-0.4, -0.2) is 30.4 Å². The Kier molecular flexibility index (Phi) is 4.86. The van der Waals surface area contributed by atoms with E-state index in [0.717, 1.165) is 19.4 Å². The van der Waals surface area contributed by atoms with Crippen molar-refractivity contribution >= 4 is 5.91 Å². The summed E-state index contributed by atoms with van der Waals surface area (Å²) in [6.07, 6.45) is 2.16. The Bertz CT molecular complexity index is 123. The molecule has 2 N–H and O–H groups in total. The van der Waals surface area contributed by atoms with E-state index >= 15 is 0 Å². The number of nitrogens with zero attached hydrogens (tertiary/aromatic N) is 1. The number of likely N-dealkylation sites (N-methyl/N-ethyl adjacent to an activating group) is 1. The second-order valence-corrected chi connectivity index (χ2v) is 2.90. The Balaban J connectivity index is 3.64. The number of carbonyl (C=O) groups is 1. The Morgan fingerprint density at radius 3 is 2.55 bits per heavy atom. The molecule has 1 amide bonds. The minimum atomic E-state index is -0.364. The van der Waals surface area contributed by atoms with Gasteiger partial charge in [-0.25, -0.2) is 0 Å². The second kappa shape index (κ2) is 5.13. The molecule has 3 heteroatoms. The number of carbonyl (C=O) groups excluding carboxylic acids is 1. The SMILES string of the molecule is CCCCN(C)C(=O)[C@H](C)N. The van der Waals surface area contributed by atoms with E-state index in [1.807, 2.05) is 0 Å². The highest BCUT2D eigenvalue weighted by Gasteiger charge is 2.11. The van der Waals surface area contributed by atoms with Crippen molar-refractivity contribution < 1.29 is 4.79 Å². The first-order chi connectivity index (χ1) is 5.09. The molecule has 0 unspecified atom stereocenters. The lowest BCUT2D eigenvalue weighted by atomic mass is 10.3. The van der Waals surface area contributed by atoms with Crippen molar-refractivity contribution in [3.63, 3.8) is 0 Å². The van der Waals surface area contributed by atoms with E-state index in [1.165, 1.54) is 0 Å². The molecule has 0 spiro atoms. The fraction of sp³-hybridized carbons (Fsp3) is 0.875. The van der Waals surface area contributed by atoms with Crippen molar-refractivity contribution in [3.8, 4) is 0 Å². The first kappa shape index (κ1) is 10.4. The molecule has 1 atom stereocenters. The molecule has 0 rings (SSSR count). The maximum atomic E-state index is 11.1. The van der Waals surface area contributed by atoms with Gasteiger partial charge in [0.15, 0.2) is 0 Å². The fourth-order valence-corrected chi connectivity index (χ4v) is 0.853. The molecule has 66 valence electrons. The summed E-state index contributed by atoms with van der Waals surface area (Å²) in [6.45, 7) is 4.63. The van der Waals surface area contributed by atoms with Crippen LogP contribution in [0.5, 0.6) is 0 Å². The van der Waals surface area contributed by atoms with Crippen LogP contribution in [0.2, 0.25) is 0 Å². The molecule has 3 nitrogen and oxygen atoms in total. The predicted molar refractivity (Wildman–Crippen MR) is 46.2 cm³/mol. The lowest BCUT2D eigenvalue weighted by molar-refractivity contribution is -0.130. The molecular weight excluding hydrogens is 140 g/mol. The van der Waals surface area contributed by atoms with Crippen LogP contribution in [0.3, 0.4) is 0 Å². The molecule has 0 radical (unpaired) electrons. The minimum Gasteiger partial charge on any atom is -0.344 e. The van der Waals surface area contributed by atoms with Crippen LogP contribution in [0.25, 0.3) is 0 Å². The van der Waals surface area contributed by atoms with E-state index in [4.69, 9.17) is 5.73 Å². The number of unbranched alkanes of at least 4 members (excludes halogenated alkanes) is 1. The normalized spacial score (nSPS) is 12.7. The molecular formula is C8H18N2O. The monoisotopic (exact) mass is 158 g/mol. The van der Waals surface area contributed by atoms with Gasteiger partial charge in [0.25, 0.3) is 0 Å². The van der Waals surface area contributed by atoms with Gasteiger partial charge in [-0.1, -0.05) is 13.3 Å². The van der Waals surface area contributed by atoms with E-state index in [2.05, 4.69) is 6.92 Å². The molecule has 0 aliphatic carbocycles. The summed E-state index contributed by atoms with van der Waals surface area (Å²) in [6, 6.07) is -0.364.